The van der Waals surface area contributed by atoms with Crippen LogP contribution in [0.1, 0.15) is 16.7 Å². The van der Waals surface area contributed by atoms with Gasteiger partial charge in [0.1, 0.15) is 4.90 Å². The first-order chi connectivity index (χ1) is 12.9. The Kier molecular flexibility index (Phi) is 5.15. The summed E-state index contributed by atoms with van der Waals surface area (Å²) in [6.07, 6.45) is 1.47. The number of fused-ring (bicyclic) bond motifs is 1. The molecule has 9 heteroatoms. The molecule has 0 saturated heterocycles. The number of rotatable bonds is 5. The van der Waals surface area contributed by atoms with Gasteiger partial charge in [-0.15, -0.1) is 4.40 Å². The van der Waals surface area contributed by atoms with Crippen molar-refractivity contribution in [2.45, 2.75) is 11.8 Å². The van der Waals surface area contributed by atoms with Crippen molar-refractivity contribution in [3.63, 3.8) is 0 Å². The minimum Gasteiger partial charge on any atom is -0.504 e. The van der Waals surface area contributed by atoms with Crippen molar-refractivity contribution < 1.29 is 23.4 Å². The number of nitrogens with zero attached hydrogens (tertiary/aromatic N) is 3. The highest BCUT2D eigenvalue weighted by molar-refractivity contribution is 7.90. The molecule has 27 heavy (non-hydrogen) atoms. The fourth-order valence-electron chi connectivity index (χ4n) is 2.67. The summed E-state index contributed by atoms with van der Waals surface area (Å²) in [6, 6.07) is 9.62. The lowest BCUT2D eigenvalue weighted by Crippen LogP contribution is -2.29. The molecule has 1 aliphatic heterocycles. The zero-order valence-electron chi connectivity index (χ0n) is 14.8. The van der Waals surface area contributed by atoms with Gasteiger partial charge in [0.2, 0.25) is 0 Å². The molecule has 2 aromatic carbocycles. The van der Waals surface area contributed by atoms with E-state index in [-0.39, 0.29) is 35.4 Å². The molecule has 0 atom stereocenters. The molecule has 0 bridgehead atoms. The molecule has 0 spiro atoms. The Balaban J connectivity index is 1.99. The first-order valence-electron chi connectivity index (χ1n) is 8.11. The van der Waals surface area contributed by atoms with E-state index in [9.17, 15) is 18.6 Å². The molecule has 0 aliphatic carbocycles. The molecule has 1 heterocycles. The summed E-state index contributed by atoms with van der Waals surface area (Å²) < 4.78 is 33.5. The number of aliphatic hydroxyl groups excluding tert-OH is 1. The number of aromatic hydroxyl groups is 1. The summed E-state index contributed by atoms with van der Waals surface area (Å²) >= 11 is 0. The van der Waals surface area contributed by atoms with Crippen molar-refractivity contribution in [1.29, 1.82) is 0 Å². The third-order valence-corrected chi connectivity index (χ3v) is 5.29. The van der Waals surface area contributed by atoms with Crippen molar-refractivity contribution in [1.82, 2.24) is 5.01 Å². The maximum absolute atomic E-state index is 12.3. The molecular weight excluding hydrogens is 370 g/mol. The Labute approximate surface area is 157 Å². The maximum Gasteiger partial charge on any atom is 0.285 e. The van der Waals surface area contributed by atoms with E-state index in [1.54, 1.807) is 24.3 Å². The highest BCUT2D eigenvalue weighted by Gasteiger charge is 2.31. The van der Waals surface area contributed by atoms with E-state index in [1.165, 1.54) is 30.5 Å². The summed E-state index contributed by atoms with van der Waals surface area (Å²) in [5.74, 6) is 0.441. The van der Waals surface area contributed by atoms with Crippen molar-refractivity contribution in [2.24, 2.45) is 9.50 Å². The summed E-state index contributed by atoms with van der Waals surface area (Å²) in [4.78, 5) is 0.118. The van der Waals surface area contributed by atoms with Crippen molar-refractivity contribution in [2.75, 3.05) is 20.3 Å². The number of aryl methyl sites for hydroxylation is 1. The van der Waals surface area contributed by atoms with Crippen LogP contribution in [0.3, 0.4) is 0 Å². The average Bonchev–Trinajstić information content (AvgIpc) is 2.90. The fraction of sp³-hybridized carbons (Fsp3) is 0.222. The summed E-state index contributed by atoms with van der Waals surface area (Å²) in [5, 5.41) is 24.7. The first-order valence-corrected chi connectivity index (χ1v) is 9.55. The average molecular weight is 389 g/mol. The van der Waals surface area contributed by atoms with Crippen LogP contribution in [-0.2, 0) is 10.0 Å². The van der Waals surface area contributed by atoms with E-state index in [2.05, 4.69) is 9.50 Å². The number of benzene rings is 2. The zero-order chi connectivity index (χ0) is 19.6. The van der Waals surface area contributed by atoms with E-state index < -0.39 is 10.0 Å². The predicted octanol–water partition coefficient (Wildman–Crippen LogP) is 1.49. The van der Waals surface area contributed by atoms with E-state index in [1.807, 2.05) is 6.92 Å². The predicted molar refractivity (Wildman–Crippen MR) is 101 cm³/mol. The van der Waals surface area contributed by atoms with Gasteiger partial charge in [0.05, 0.1) is 26.5 Å². The van der Waals surface area contributed by atoms with E-state index in [0.717, 1.165) is 5.56 Å². The molecule has 1 aliphatic rings. The van der Waals surface area contributed by atoms with Crippen LogP contribution in [0.5, 0.6) is 11.5 Å². The molecular formula is C18H19N3O5S. The van der Waals surface area contributed by atoms with Crippen molar-refractivity contribution >= 4 is 22.1 Å². The molecule has 0 fully saturated rings. The summed E-state index contributed by atoms with van der Waals surface area (Å²) in [5.41, 5.74) is 1.96. The number of hydrogen-bond donors (Lipinski definition) is 2. The number of sulfonamides is 1. The van der Waals surface area contributed by atoms with Crippen LogP contribution >= 0.6 is 0 Å². The van der Waals surface area contributed by atoms with E-state index >= 15 is 0 Å². The molecule has 0 saturated carbocycles. The Morgan fingerprint density at radius 1 is 1.26 bits per heavy atom. The molecule has 8 nitrogen and oxygen atoms in total. The van der Waals surface area contributed by atoms with Gasteiger partial charge in [-0.1, -0.05) is 11.6 Å². The van der Waals surface area contributed by atoms with Crippen LogP contribution in [0, 0.1) is 6.92 Å². The second-order valence-corrected chi connectivity index (χ2v) is 7.48. The monoisotopic (exact) mass is 389 g/mol. The largest absolute Gasteiger partial charge is 0.504 e. The third-order valence-electron chi connectivity index (χ3n) is 3.97. The van der Waals surface area contributed by atoms with Gasteiger partial charge in [-0.3, -0.25) is 0 Å². The van der Waals surface area contributed by atoms with Crippen LogP contribution in [0.4, 0.5) is 0 Å². The van der Waals surface area contributed by atoms with Crippen LogP contribution in [0.2, 0.25) is 0 Å². The Morgan fingerprint density at radius 3 is 2.74 bits per heavy atom. The highest BCUT2D eigenvalue weighted by Crippen LogP contribution is 2.29. The van der Waals surface area contributed by atoms with E-state index in [4.69, 9.17) is 4.74 Å². The van der Waals surface area contributed by atoms with Crippen LogP contribution in [-0.4, -0.2) is 56.0 Å². The Morgan fingerprint density at radius 2 is 2.04 bits per heavy atom. The standard InChI is InChI=1S/C18H19N3O5S/c1-12-3-6-17-14(9-12)18(20-27(17,24)25)21(7-8-22)19-11-13-4-5-15(23)16(10-13)26-2/h3-6,9-11,22-23H,7-8H2,1-2H3/b19-11+. The smallest absolute Gasteiger partial charge is 0.285 e. The lowest BCUT2D eigenvalue weighted by Gasteiger charge is -2.17. The van der Waals surface area contributed by atoms with Gasteiger partial charge in [0, 0.05) is 5.56 Å². The topological polar surface area (TPSA) is 112 Å². The second-order valence-electron chi connectivity index (χ2n) is 5.91. The third kappa shape index (κ3) is 3.79. The molecule has 0 aromatic heterocycles. The van der Waals surface area contributed by atoms with Gasteiger partial charge in [0.15, 0.2) is 17.3 Å². The molecule has 0 amide bonds. The number of ether oxygens (including phenoxy) is 1. The SMILES string of the molecule is COc1cc(/C=N/N(CCO)C2=NS(=O)(=O)c3ccc(C)cc32)ccc1O. The van der Waals surface area contributed by atoms with E-state index in [0.29, 0.717) is 11.1 Å². The fourth-order valence-corrected chi connectivity index (χ4v) is 3.85. The van der Waals surface area contributed by atoms with Crippen molar-refractivity contribution in [3.05, 3.63) is 53.1 Å². The number of aliphatic hydroxyl groups is 1. The van der Waals surface area contributed by atoms with Gasteiger partial charge >= 0.3 is 0 Å². The minimum absolute atomic E-state index is 0.00229. The molecule has 0 unspecified atom stereocenters. The quantitative estimate of drug-likeness (QED) is 0.592. The molecule has 2 N–H and O–H groups in total. The van der Waals surface area contributed by atoms with Gasteiger partial charge in [-0.2, -0.15) is 13.5 Å². The van der Waals surface area contributed by atoms with Crippen molar-refractivity contribution in [3.8, 4) is 11.5 Å². The minimum atomic E-state index is -3.80. The lowest BCUT2D eigenvalue weighted by molar-refractivity contribution is 0.254. The number of hydrazone groups is 1. The molecule has 0 radical (unpaired) electrons. The van der Waals surface area contributed by atoms with Gasteiger partial charge in [-0.25, -0.2) is 5.01 Å². The second kappa shape index (κ2) is 7.37. The number of amidine groups is 1. The van der Waals surface area contributed by atoms with Crippen LogP contribution in [0.15, 0.2) is 50.8 Å². The number of hydrogen-bond acceptors (Lipinski definition) is 7. The Bertz CT molecular complexity index is 1030. The number of phenolic OH excluding ortho intramolecular Hbond substituents is 1. The summed E-state index contributed by atoms with van der Waals surface area (Å²) in [7, 11) is -2.36. The lowest BCUT2D eigenvalue weighted by atomic mass is 10.1. The zero-order valence-corrected chi connectivity index (χ0v) is 15.6. The Hall–Kier alpha value is -2.91. The van der Waals surface area contributed by atoms with Gasteiger partial charge in [-0.05, 0) is 42.8 Å². The maximum atomic E-state index is 12.3. The van der Waals surface area contributed by atoms with Crippen LogP contribution < -0.4 is 4.74 Å². The molecule has 2 aromatic rings. The first kappa shape index (κ1) is 18.9. The molecule has 3 rings (SSSR count). The van der Waals surface area contributed by atoms with Gasteiger partial charge in [0.25, 0.3) is 10.0 Å². The van der Waals surface area contributed by atoms with Crippen LogP contribution in [0.25, 0.3) is 0 Å². The molecule has 142 valence electrons. The number of methoxy groups -OCH3 is 1. The highest BCUT2D eigenvalue weighted by atomic mass is 32.2. The van der Waals surface area contributed by atoms with Gasteiger partial charge < -0.3 is 14.9 Å². The number of phenols is 1. The normalized spacial score (nSPS) is 14.9. The summed E-state index contributed by atoms with van der Waals surface area (Å²) in [6.45, 7) is 1.68.